The first-order valence-corrected chi connectivity index (χ1v) is 13.3. The zero-order valence-corrected chi connectivity index (χ0v) is 19.9. The molecule has 0 radical (unpaired) electrons. The summed E-state index contributed by atoms with van der Waals surface area (Å²) in [6, 6.07) is -0.0231. The van der Waals surface area contributed by atoms with Gasteiger partial charge >= 0.3 is 0 Å². The van der Waals surface area contributed by atoms with Crippen LogP contribution in [0.15, 0.2) is 5.16 Å². The number of hydrogen-bond acceptors (Lipinski definition) is 7. The molecule has 0 aliphatic carbocycles. The number of sulfone groups is 1. The third-order valence-corrected chi connectivity index (χ3v) is 8.13. The summed E-state index contributed by atoms with van der Waals surface area (Å²) in [5, 5.41) is 9.59. The van der Waals surface area contributed by atoms with Gasteiger partial charge in [-0.25, -0.2) is 8.42 Å². The van der Waals surface area contributed by atoms with Gasteiger partial charge in [0.15, 0.2) is 20.8 Å². The van der Waals surface area contributed by atoms with Crippen LogP contribution in [0, 0.1) is 0 Å². The zero-order chi connectivity index (χ0) is 21.6. The first-order chi connectivity index (χ1) is 13.7. The Morgan fingerprint density at radius 2 is 2.00 bits per heavy atom. The van der Waals surface area contributed by atoms with Gasteiger partial charge < -0.3 is 9.47 Å². The van der Waals surface area contributed by atoms with Crippen LogP contribution < -0.4 is 0 Å². The fourth-order valence-corrected chi connectivity index (χ4v) is 6.42. The average molecular weight is 446 g/mol. The molecule has 8 nitrogen and oxygen atoms in total. The molecule has 1 amide bonds. The van der Waals surface area contributed by atoms with E-state index in [4.69, 9.17) is 0 Å². The summed E-state index contributed by atoms with van der Waals surface area (Å²) in [6.45, 7) is 7.54. The molecule has 0 N–H and O–H groups in total. The van der Waals surface area contributed by atoms with Gasteiger partial charge in [0, 0.05) is 19.1 Å². The second-order valence-corrected chi connectivity index (χ2v) is 10.9. The molecule has 0 bridgehead atoms. The molecule has 166 valence electrons. The van der Waals surface area contributed by atoms with Gasteiger partial charge in [0.1, 0.15) is 0 Å². The molecular weight excluding hydrogens is 410 g/mol. The molecule has 1 aromatic heterocycles. The van der Waals surface area contributed by atoms with Crippen molar-refractivity contribution in [1.82, 2.24) is 24.6 Å². The Bertz CT molecular complexity index is 779. The summed E-state index contributed by atoms with van der Waals surface area (Å²) in [6.07, 6.45) is 3.56. The van der Waals surface area contributed by atoms with Gasteiger partial charge in [0.2, 0.25) is 5.91 Å². The van der Waals surface area contributed by atoms with E-state index in [1.54, 1.807) is 4.90 Å². The van der Waals surface area contributed by atoms with Crippen molar-refractivity contribution in [2.75, 3.05) is 37.9 Å². The number of carbonyl (C=O) groups is 1. The molecule has 1 aliphatic rings. The highest BCUT2D eigenvalue weighted by atomic mass is 32.2. The van der Waals surface area contributed by atoms with Crippen molar-refractivity contribution in [3.8, 4) is 0 Å². The Balaban J connectivity index is 2.12. The molecule has 2 heterocycles. The van der Waals surface area contributed by atoms with Gasteiger partial charge in [-0.15, -0.1) is 10.2 Å². The number of unbranched alkanes of at least 4 members (excludes halogenated alkanes) is 1. The third kappa shape index (κ3) is 6.18. The topological polar surface area (TPSA) is 88.4 Å². The highest BCUT2D eigenvalue weighted by Gasteiger charge is 2.34. The maximum absolute atomic E-state index is 12.8. The molecule has 29 heavy (non-hydrogen) atoms. The van der Waals surface area contributed by atoms with E-state index in [0.717, 1.165) is 36.8 Å². The first kappa shape index (κ1) is 24.1. The molecule has 2 atom stereocenters. The predicted octanol–water partition coefficient (Wildman–Crippen LogP) is 2.22. The lowest BCUT2D eigenvalue weighted by molar-refractivity contribution is -0.129. The second kappa shape index (κ2) is 10.8. The van der Waals surface area contributed by atoms with Crippen LogP contribution in [0.25, 0.3) is 0 Å². The lowest BCUT2D eigenvalue weighted by Gasteiger charge is -2.26. The normalized spacial score (nSPS) is 19.6. The van der Waals surface area contributed by atoms with Crippen LogP contribution in [0.2, 0.25) is 0 Å². The van der Waals surface area contributed by atoms with E-state index in [0.29, 0.717) is 13.0 Å². The van der Waals surface area contributed by atoms with Crippen molar-refractivity contribution in [3.05, 3.63) is 5.82 Å². The van der Waals surface area contributed by atoms with E-state index in [1.165, 1.54) is 11.8 Å². The molecule has 1 saturated heterocycles. The van der Waals surface area contributed by atoms with Crippen LogP contribution >= 0.6 is 11.8 Å². The van der Waals surface area contributed by atoms with Crippen LogP contribution in [-0.2, 0) is 21.2 Å². The van der Waals surface area contributed by atoms with Crippen molar-refractivity contribution in [2.24, 2.45) is 0 Å². The lowest BCUT2D eigenvalue weighted by Crippen LogP contribution is -2.42. The summed E-state index contributed by atoms with van der Waals surface area (Å²) in [5.74, 6) is 1.40. The van der Waals surface area contributed by atoms with Crippen LogP contribution in [0.1, 0.15) is 58.3 Å². The van der Waals surface area contributed by atoms with Crippen molar-refractivity contribution in [2.45, 2.75) is 70.2 Å². The molecule has 1 fully saturated rings. The van der Waals surface area contributed by atoms with Crippen molar-refractivity contribution < 1.29 is 13.2 Å². The van der Waals surface area contributed by atoms with Gasteiger partial charge in [-0.3, -0.25) is 9.69 Å². The van der Waals surface area contributed by atoms with E-state index >= 15 is 0 Å². The Morgan fingerprint density at radius 1 is 1.28 bits per heavy atom. The molecule has 10 heteroatoms. The van der Waals surface area contributed by atoms with Gasteiger partial charge in [0.25, 0.3) is 0 Å². The predicted molar refractivity (Wildman–Crippen MR) is 117 cm³/mol. The van der Waals surface area contributed by atoms with Crippen LogP contribution in [0.4, 0.5) is 0 Å². The molecule has 0 aromatic carbocycles. The van der Waals surface area contributed by atoms with Gasteiger partial charge in [-0.2, -0.15) is 0 Å². The average Bonchev–Trinajstić information content (AvgIpc) is 3.22. The van der Waals surface area contributed by atoms with Gasteiger partial charge in [-0.05, 0) is 40.3 Å². The van der Waals surface area contributed by atoms with E-state index in [9.17, 15) is 13.2 Å². The Labute approximate surface area is 179 Å². The Hall–Kier alpha value is -1.13. The summed E-state index contributed by atoms with van der Waals surface area (Å²) >= 11 is 1.40. The third-order valence-electron chi connectivity index (χ3n) is 5.42. The molecule has 1 aliphatic heterocycles. The molecule has 1 aromatic rings. The minimum atomic E-state index is -3.02. The highest BCUT2D eigenvalue weighted by molar-refractivity contribution is 7.99. The Morgan fingerprint density at radius 3 is 2.52 bits per heavy atom. The zero-order valence-electron chi connectivity index (χ0n) is 18.3. The Kier molecular flexibility index (Phi) is 8.96. The quantitative estimate of drug-likeness (QED) is 0.483. The maximum atomic E-state index is 12.8. The standard InChI is InChI=1S/C19H35N5O3S2/c1-6-9-11-24-18(16(7-2)22(4)5)20-21-19(24)28-13-17(25)23(8-3)15-10-12-29(26,27)14-15/h15-16H,6-14H2,1-5H3/t15-,16-/m1/s1. The summed E-state index contributed by atoms with van der Waals surface area (Å²) in [7, 11) is 1.06. The fourth-order valence-electron chi connectivity index (χ4n) is 3.83. The maximum Gasteiger partial charge on any atom is 0.233 e. The molecule has 0 unspecified atom stereocenters. The monoisotopic (exact) mass is 445 g/mol. The number of nitrogens with zero attached hydrogens (tertiary/aromatic N) is 5. The number of hydrogen-bond donors (Lipinski definition) is 0. The summed E-state index contributed by atoms with van der Waals surface area (Å²) < 4.78 is 25.7. The van der Waals surface area contributed by atoms with E-state index < -0.39 is 9.84 Å². The number of aromatic nitrogens is 3. The molecule has 0 spiro atoms. The van der Waals surface area contributed by atoms with Crippen LogP contribution in [0.5, 0.6) is 0 Å². The SMILES string of the molecule is CCCCn1c(SCC(=O)N(CC)[C@@H]2CCS(=O)(=O)C2)nnc1[C@@H](CC)N(C)C. The minimum Gasteiger partial charge on any atom is -0.338 e. The largest absolute Gasteiger partial charge is 0.338 e. The smallest absolute Gasteiger partial charge is 0.233 e. The number of rotatable bonds is 11. The molecule has 2 rings (SSSR count). The van der Waals surface area contributed by atoms with Gasteiger partial charge in [0.05, 0.1) is 23.3 Å². The molecular formula is C19H35N5O3S2. The van der Waals surface area contributed by atoms with Crippen molar-refractivity contribution in [1.29, 1.82) is 0 Å². The minimum absolute atomic E-state index is 0.0363. The first-order valence-electron chi connectivity index (χ1n) is 10.5. The number of amides is 1. The van der Waals surface area contributed by atoms with E-state index in [1.807, 2.05) is 21.0 Å². The fraction of sp³-hybridized carbons (Fsp3) is 0.842. The number of carbonyl (C=O) groups excluding carboxylic acids is 1. The van der Waals surface area contributed by atoms with E-state index in [-0.39, 0.29) is 35.2 Å². The second-order valence-electron chi connectivity index (χ2n) is 7.76. The van der Waals surface area contributed by atoms with Gasteiger partial charge in [-0.1, -0.05) is 32.0 Å². The van der Waals surface area contributed by atoms with Crippen LogP contribution in [-0.4, -0.2) is 82.8 Å². The van der Waals surface area contributed by atoms with Crippen molar-refractivity contribution >= 4 is 27.5 Å². The van der Waals surface area contributed by atoms with Crippen molar-refractivity contribution in [3.63, 3.8) is 0 Å². The molecule has 0 saturated carbocycles. The van der Waals surface area contributed by atoms with Crippen LogP contribution in [0.3, 0.4) is 0 Å². The lowest BCUT2D eigenvalue weighted by atomic mass is 10.2. The van der Waals surface area contributed by atoms with E-state index in [2.05, 4.69) is 33.5 Å². The summed E-state index contributed by atoms with van der Waals surface area (Å²) in [5.41, 5.74) is 0. The highest BCUT2D eigenvalue weighted by Crippen LogP contribution is 2.26. The number of thioether (sulfide) groups is 1. The summed E-state index contributed by atoms with van der Waals surface area (Å²) in [4.78, 5) is 16.7.